The zero-order chi connectivity index (χ0) is 15.7. The summed E-state index contributed by atoms with van der Waals surface area (Å²) < 4.78 is 6.43. The summed E-state index contributed by atoms with van der Waals surface area (Å²) in [6.45, 7) is 0. The van der Waals surface area contributed by atoms with Crippen LogP contribution in [0.3, 0.4) is 0 Å². The van der Waals surface area contributed by atoms with Crippen molar-refractivity contribution in [3.8, 4) is 0 Å². The quantitative estimate of drug-likeness (QED) is 0.413. The molecule has 1 amide bonds. The van der Waals surface area contributed by atoms with Crippen molar-refractivity contribution >= 4 is 51.1 Å². The van der Waals surface area contributed by atoms with Gasteiger partial charge in [-0.3, -0.25) is 4.79 Å². The molecule has 0 N–H and O–H groups in total. The molecule has 0 saturated heterocycles. The maximum atomic E-state index is 12.6. The Labute approximate surface area is 146 Å². The second-order valence-electron chi connectivity index (χ2n) is 5.09. The van der Waals surface area contributed by atoms with Gasteiger partial charge in [-0.15, -0.1) is 11.3 Å². The van der Waals surface area contributed by atoms with Gasteiger partial charge in [-0.1, -0.05) is 18.2 Å². The zero-order valence-electron chi connectivity index (χ0n) is 11.9. The smallest absolute Gasteiger partial charge is 0.341 e. The number of benzene rings is 1. The summed E-state index contributed by atoms with van der Waals surface area (Å²) in [5.74, 6) is -0.0908. The van der Waals surface area contributed by atoms with Crippen molar-refractivity contribution in [3.05, 3.63) is 52.4 Å². The van der Waals surface area contributed by atoms with Crippen LogP contribution in [0.15, 0.2) is 35.7 Å². The Morgan fingerprint density at radius 2 is 1.95 bits per heavy atom. The number of anilines is 1. The molecule has 0 bridgehead atoms. The molecule has 4 nitrogen and oxygen atoms in total. The lowest BCUT2D eigenvalue weighted by Gasteiger charge is -2.15. The van der Waals surface area contributed by atoms with Crippen molar-refractivity contribution in [1.29, 1.82) is 0 Å². The number of ether oxygens (including phenoxy) is 1. The highest BCUT2D eigenvalue weighted by Gasteiger charge is 2.34. The fraction of sp³-hybridized carbons (Fsp3) is 0.250. The standard InChI is InChI=1S/C16H14INO3S/c1-21-16(20)13-12(10-7-8-10)9-22-15(13)18(17)14(19)11-5-3-2-4-6-11/h2-6,9-10H,7-8H2,1H3. The van der Waals surface area contributed by atoms with Crippen LogP contribution in [0.1, 0.15) is 45.0 Å². The monoisotopic (exact) mass is 427 g/mol. The number of rotatable bonds is 4. The third-order valence-corrected chi connectivity index (χ3v) is 5.81. The second-order valence-corrected chi connectivity index (χ2v) is 6.91. The van der Waals surface area contributed by atoms with E-state index in [1.807, 2.05) is 46.4 Å². The minimum absolute atomic E-state index is 0.143. The van der Waals surface area contributed by atoms with Crippen LogP contribution in [0.25, 0.3) is 0 Å². The molecule has 6 heteroatoms. The van der Waals surface area contributed by atoms with E-state index >= 15 is 0 Å². The molecule has 0 radical (unpaired) electrons. The molecular weight excluding hydrogens is 413 g/mol. The molecular formula is C16H14INO3S. The van der Waals surface area contributed by atoms with E-state index in [0.717, 1.165) is 18.4 Å². The highest BCUT2D eigenvalue weighted by atomic mass is 127. The molecule has 0 spiro atoms. The van der Waals surface area contributed by atoms with E-state index in [1.54, 1.807) is 12.1 Å². The SMILES string of the molecule is COC(=O)c1c(C2CC2)csc1N(I)C(=O)c1ccccc1. The molecule has 1 saturated carbocycles. The number of thiophene rings is 1. The van der Waals surface area contributed by atoms with Crippen molar-refractivity contribution in [2.24, 2.45) is 0 Å². The van der Waals surface area contributed by atoms with Gasteiger partial charge in [0.15, 0.2) is 0 Å². The van der Waals surface area contributed by atoms with E-state index < -0.39 is 0 Å². The van der Waals surface area contributed by atoms with Gasteiger partial charge in [0, 0.05) is 5.56 Å². The number of nitrogens with zero attached hydrogens (tertiary/aromatic N) is 1. The van der Waals surface area contributed by atoms with Crippen LogP contribution in [0.2, 0.25) is 0 Å². The minimum atomic E-state index is -0.374. The first kappa shape index (κ1) is 15.5. The lowest BCUT2D eigenvalue weighted by Crippen LogP contribution is -2.21. The summed E-state index contributed by atoms with van der Waals surface area (Å²) in [6.07, 6.45) is 2.18. The van der Waals surface area contributed by atoms with Crippen molar-refractivity contribution in [1.82, 2.24) is 0 Å². The Bertz CT molecular complexity index is 709. The highest BCUT2D eigenvalue weighted by molar-refractivity contribution is 14.1. The first-order valence-corrected chi connectivity index (χ1v) is 8.73. The molecule has 1 fully saturated rings. The van der Waals surface area contributed by atoms with E-state index in [9.17, 15) is 9.59 Å². The van der Waals surface area contributed by atoms with Gasteiger partial charge in [0.05, 0.1) is 35.5 Å². The van der Waals surface area contributed by atoms with Crippen molar-refractivity contribution < 1.29 is 14.3 Å². The summed E-state index contributed by atoms with van der Waals surface area (Å²) in [4.78, 5) is 24.7. The fourth-order valence-electron chi connectivity index (χ4n) is 2.29. The molecule has 22 heavy (non-hydrogen) atoms. The number of methoxy groups -OCH3 is 1. The fourth-order valence-corrected chi connectivity index (χ4v) is 4.20. The van der Waals surface area contributed by atoms with Crippen LogP contribution in [-0.4, -0.2) is 19.0 Å². The average molecular weight is 427 g/mol. The number of hydrogen-bond acceptors (Lipinski definition) is 4. The normalized spacial score (nSPS) is 13.7. The number of carbonyl (C=O) groups excluding carboxylic acids is 2. The Hall–Kier alpha value is -1.41. The highest BCUT2D eigenvalue weighted by Crippen LogP contribution is 2.47. The van der Waals surface area contributed by atoms with Crippen LogP contribution < -0.4 is 3.11 Å². The Morgan fingerprint density at radius 1 is 1.27 bits per heavy atom. The van der Waals surface area contributed by atoms with Gasteiger partial charge >= 0.3 is 5.97 Å². The molecule has 1 aliphatic rings. The third-order valence-electron chi connectivity index (χ3n) is 3.58. The lowest BCUT2D eigenvalue weighted by atomic mass is 10.1. The molecule has 2 aromatic rings. The summed E-state index contributed by atoms with van der Waals surface area (Å²) in [5, 5.41) is 2.62. The lowest BCUT2D eigenvalue weighted by molar-refractivity contribution is 0.0601. The van der Waals surface area contributed by atoms with Crippen LogP contribution in [0.5, 0.6) is 0 Å². The van der Waals surface area contributed by atoms with E-state index in [4.69, 9.17) is 4.74 Å². The average Bonchev–Trinajstić information content (AvgIpc) is 3.32. The summed E-state index contributed by atoms with van der Waals surface area (Å²) in [7, 11) is 1.37. The summed E-state index contributed by atoms with van der Waals surface area (Å²) in [5.41, 5.74) is 2.14. The number of esters is 1. The van der Waals surface area contributed by atoms with Crippen molar-refractivity contribution in [3.63, 3.8) is 0 Å². The van der Waals surface area contributed by atoms with Gasteiger partial charge in [-0.2, -0.15) is 0 Å². The second kappa shape index (κ2) is 6.37. The maximum absolute atomic E-state index is 12.6. The third kappa shape index (κ3) is 2.89. The molecule has 1 aromatic carbocycles. The number of amides is 1. The van der Waals surface area contributed by atoms with Gasteiger partial charge in [0.1, 0.15) is 5.00 Å². The predicted molar refractivity (Wildman–Crippen MR) is 94.9 cm³/mol. The number of halogens is 1. The number of carbonyl (C=O) groups is 2. The van der Waals surface area contributed by atoms with E-state index in [1.165, 1.54) is 21.6 Å². The molecule has 1 heterocycles. The minimum Gasteiger partial charge on any atom is -0.465 e. The molecule has 0 unspecified atom stereocenters. The Morgan fingerprint density at radius 3 is 2.55 bits per heavy atom. The van der Waals surface area contributed by atoms with Gasteiger partial charge in [-0.05, 0) is 41.8 Å². The molecule has 0 atom stereocenters. The maximum Gasteiger partial charge on any atom is 0.341 e. The number of hydrogen-bond donors (Lipinski definition) is 0. The van der Waals surface area contributed by atoms with Crippen LogP contribution in [0, 0.1) is 0 Å². The van der Waals surface area contributed by atoms with Crippen molar-refractivity contribution in [2.45, 2.75) is 18.8 Å². The predicted octanol–water partition coefficient (Wildman–Crippen LogP) is 4.41. The molecule has 0 aliphatic heterocycles. The van der Waals surface area contributed by atoms with Gasteiger partial charge in [-0.25, -0.2) is 7.91 Å². The van der Waals surface area contributed by atoms with Crippen LogP contribution in [0.4, 0.5) is 5.00 Å². The van der Waals surface area contributed by atoms with Gasteiger partial charge in [0.25, 0.3) is 5.91 Å². The molecule has 114 valence electrons. The van der Waals surface area contributed by atoms with Gasteiger partial charge < -0.3 is 4.74 Å². The topological polar surface area (TPSA) is 46.6 Å². The molecule has 3 rings (SSSR count). The van der Waals surface area contributed by atoms with E-state index in [0.29, 0.717) is 22.0 Å². The van der Waals surface area contributed by atoms with Crippen LogP contribution >= 0.6 is 34.2 Å². The van der Waals surface area contributed by atoms with Crippen molar-refractivity contribution in [2.75, 3.05) is 10.2 Å². The zero-order valence-corrected chi connectivity index (χ0v) is 14.9. The Balaban J connectivity index is 1.97. The van der Waals surface area contributed by atoms with Gasteiger partial charge in [0.2, 0.25) is 0 Å². The first-order valence-electron chi connectivity index (χ1n) is 6.88. The van der Waals surface area contributed by atoms with Crippen LogP contribution in [-0.2, 0) is 4.74 Å². The van der Waals surface area contributed by atoms with E-state index in [-0.39, 0.29) is 11.9 Å². The Kier molecular flexibility index (Phi) is 4.49. The molecule has 1 aromatic heterocycles. The molecule has 1 aliphatic carbocycles. The summed E-state index contributed by atoms with van der Waals surface area (Å²) in [6, 6.07) is 9.04. The summed E-state index contributed by atoms with van der Waals surface area (Å²) >= 11 is 3.37. The first-order chi connectivity index (χ1) is 10.6. The van der Waals surface area contributed by atoms with E-state index in [2.05, 4.69) is 0 Å². The largest absolute Gasteiger partial charge is 0.465 e.